The standard InChI is InChI=1S/C18H16ClN3O3/c19-18-15(6-3-9-20-18)22-16(23)11-25-17(24)8-7-12-10-21-14-5-2-1-4-13(12)14/h1-6,9-10,21H,7-8,11H2,(H,22,23). The fourth-order valence-electron chi connectivity index (χ4n) is 2.46. The Labute approximate surface area is 149 Å². The van der Waals surface area contributed by atoms with E-state index in [0.717, 1.165) is 16.5 Å². The van der Waals surface area contributed by atoms with Crippen LogP contribution in [0.2, 0.25) is 5.15 Å². The zero-order valence-electron chi connectivity index (χ0n) is 13.3. The van der Waals surface area contributed by atoms with Crippen LogP contribution in [-0.2, 0) is 20.7 Å². The number of H-pyrrole nitrogens is 1. The number of hydrogen-bond acceptors (Lipinski definition) is 4. The van der Waals surface area contributed by atoms with Gasteiger partial charge in [0.2, 0.25) is 0 Å². The van der Waals surface area contributed by atoms with Crippen LogP contribution < -0.4 is 5.32 Å². The molecular formula is C18H16ClN3O3. The summed E-state index contributed by atoms with van der Waals surface area (Å²) in [6.07, 6.45) is 4.14. The molecule has 128 valence electrons. The fraction of sp³-hybridized carbons (Fsp3) is 0.167. The summed E-state index contributed by atoms with van der Waals surface area (Å²) in [5.41, 5.74) is 2.45. The first-order valence-electron chi connectivity index (χ1n) is 7.74. The van der Waals surface area contributed by atoms with Crippen LogP contribution in [0, 0.1) is 0 Å². The highest BCUT2D eigenvalue weighted by molar-refractivity contribution is 6.32. The topological polar surface area (TPSA) is 84.1 Å². The third-order valence-electron chi connectivity index (χ3n) is 3.67. The number of halogens is 1. The van der Waals surface area contributed by atoms with E-state index in [9.17, 15) is 9.59 Å². The van der Waals surface area contributed by atoms with E-state index >= 15 is 0 Å². The first-order chi connectivity index (χ1) is 12.1. The van der Waals surface area contributed by atoms with Gasteiger partial charge in [-0.25, -0.2) is 4.98 Å². The van der Waals surface area contributed by atoms with E-state index in [1.807, 2.05) is 30.5 Å². The van der Waals surface area contributed by atoms with E-state index < -0.39 is 11.9 Å². The lowest BCUT2D eigenvalue weighted by Gasteiger charge is -2.07. The zero-order chi connectivity index (χ0) is 17.6. The predicted molar refractivity (Wildman–Crippen MR) is 95.5 cm³/mol. The molecule has 0 aliphatic carbocycles. The van der Waals surface area contributed by atoms with Crippen LogP contribution in [0.4, 0.5) is 5.69 Å². The molecule has 0 radical (unpaired) electrons. The molecule has 2 heterocycles. The largest absolute Gasteiger partial charge is 0.456 e. The van der Waals surface area contributed by atoms with Crippen molar-refractivity contribution < 1.29 is 14.3 Å². The number of ether oxygens (including phenoxy) is 1. The number of hydrogen-bond donors (Lipinski definition) is 2. The van der Waals surface area contributed by atoms with Crippen LogP contribution in [0.25, 0.3) is 10.9 Å². The van der Waals surface area contributed by atoms with E-state index in [4.69, 9.17) is 16.3 Å². The van der Waals surface area contributed by atoms with Gasteiger partial charge in [0.15, 0.2) is 11.8 Å². The van der Waals surface area contributed by atoms with Gasteiger partial charge in [-0.05, 0) is 30.2 Å². The lowest BCUT2D eigenvalue weighted by molar-refractivity contribution is -0.147. The number of aromatic amines is 1. The maximum Gasteiger partial charge on any atom is 0.306 e. The first-order valence-corrected chi connectivity index (χ1v) is 8.12. The van der Waals surface area contributed by atoms with E-state index in [-0.39, 0.29) is 18.2 Å². The molecule has 0 spiro atoms. The predicted octanol–water partition coefficient (Wildman–Crippen LogP) is 3.33. The van der Waals surface area contributed by atoms with Crippen molar-refractivity contribution in [1.82, 2.24) is 9.97 Å². The van der Waals surface area contributed by atoms with Crippen molar-refractivity contribution in [2.75, 3.05) is 11.9 Å². The van der Waals surface area contributed by atoms with Gasteiger partial charge in [0, 0.05) is 29.7 Å². The molecule has 0 saturated carbocycles. The normalized spacial score (nSPS) is 10.6. The van der Waals surface area contributed by atoms with Crippen molar-refractivity contribution in [1.29, 1.82) is 0 Å². The Morgan fingerprint density at radius 3 is 2.88 bits per heavy atom. The van der Waals surface area contributed by atoms with Gasteiger partial charge in [0.1, 0.15) is 0 Å². The highest BCUT2D eigenvalue weighted by atomic mass is 35.5. The number of nitrogens with one attached hydrogen (secondary N) is 2. The third-order valence-corrected chi connectivity index (χ3v) is 3.97. The Bertz CT molecular complexity index is 907. The summed E-state index contributed by atoms with van der Waals surface area (Å²) in [4.78, 5) is 30.7. The highest BCUT2D eigenvalue weighted by Crippen LogP contribution is 2.19. The Morgan fingerprint density at radius 1 is 1.20 bits per heavy atom. The number of benzene rings is 1. The van der Waals surface area contributed by atoms with Gasteiger partial charge in [-0.15, -0.1) is 0 Å². The molecule has 0 aliphatic rings. The lowest BCUT2D eigenvalue weighted by atomic mass is 10.1. The summed E-state index contributed by atoms with van der Waals surface area (Å²) in [5, 5.41) is 3.81. The van der Waals surface area contributed by atoms with Gasteiger partial charge in [0.05, 0.1) is 5.69 Å². The summed E-state index contributed by atoms with van der Waals surface area (Å²) in [6.45, 7) is -0.363. The Hall–Kier alpha value is -2.86. The number of carbonyl (C=O) groups excluding carboxylic acids is 2. The minimum absolute atomic E-state index is 0.182. The Balaban J connectivity index is 1.46. The monoisotopic (exact) mass is 357 g/mol. The van der Waals surface area contributed by atoms with Crippen molar-refractivity contribution in [3.8, 4) is 0 Å². The molecule has 0 fully saturated rings. The molecule has 0 bridgehead atoms. The van der Waals surface area contributed by atoms with E-state index in [1.54, 1.807) is 12.1 Å². The summed E-state index contributed by atoms with van der Waals surface area (Å²) in [5.74, 6) is -0.895. The van der Waals surface area contributed by atoms with Crippen LogP contribution in [0.15, 0.2) is 48.8 Å². The molecule has 7 heteroatoms. The van der Waals surface area contributed by atoms with Crippen LogP contribution in [0.1, 0.15) is 12.0 Å². The summed E-state index contributed by atoms with van der Waals surface area (Å²) >= 11 is 5.85. The first kappa shape index (κ1) is 17.0. The minimum atomic E-state index is -0.463. The van der Waals surface area contributed by atoms with Crippen molar-refractivity contribution in [2.24, 2.45) is 0 Å². The molecule has 25 heavy (non-hydrogen) atoms. The SMILES string of the molecule is O=C(COC(=O)CCc1c[nH]c2ccccc12)Nc1cccnc1Cl. The number of carbonyl (C=O) groups is 2. The molecular weight excluding hydrogens is 342 g/mol. The molecule has 2 N–H and O–H groups in total. The van der Waals surface area contributed by atoms with Crippen molar-refractivity contribution in [3.63, 3.8) is 0 Å². The van der Waals surface area contributed by atoms with Gasteiger partial charge in [-0.1, -0.05) is 29.8 Å². The fourth-order valence-corrected chi connectivity index (χ4v) is 2.63. The maximum absolute atomic E-state index is 11.8. The minimum Gasteiger partial charge on any atom is -0.456 e. The number of nitrogens with zero attached hydrogens (tertiary/aromatic N) is 1. The number of para-hydroxylation sites is 1. The average Bonchev–Trinajstić information content (AvgIpc) is 3.03. The van der Waals surface area contributed by atoms with Crippen LogP contribution >= 0.6 is 11.6 Å². The molecule has 0 aliphatic heterocycles. The number of esters is 1. The zero-order valence-corrected chi connectivity index (χ0v) is 14.0. The maximum atomic E-state index is 11.8. The summed E-state index contributed by atoms with van der Waals surface area (Å²) in [7, 11) is 0. The van der Waals surface area contributed by atoms with Gasteiger partial charge in [-0.2, -0.15) is 0 Å². The van der Waals surface area contributed by atoms with Gasteiger partial charge < -0.3 is 15.0 Å². The molecule has 0 atom stereocenters. The molecule has 3 aromatic rings. The van der Waals surface area contributed by atoms with Gasteiger partial charge in [-0.3, -0.25) is 9.59 Å². The Morgan fingerprint density at radius 2 is 2.04 bits per heavy atom. The molecule has 0 unspecified atom stereocenters. The number of aryl methyl sites for hydroxylation is 1. The number of aromatic nitrogens is 2. The van der Waals surface area contributed by atoms with E-state index in [1.165, 1.54) is 6.20 Å². The second kappa shape index (κ2) is 7.81. The molecule has 3 rings (SSSR count). The smallest absolute Gasteiger partial charge is 0.306 e. The van der Waals surface area contributed by atoms with Crippen molar-refractivity contribution in [2.45, 2.75) is 12.8 Å². The molecule has 1 amide bonds. The molecule has 6 nitrogen and oxygen atoms in total. The molecule has 1 aromatic carbocycles. The average molecular weight is 358 g/mol. The second-order valence-corrected chi connectivity index (χ2v) is 5.77. The number of fused-ring (bicyclic) bond motifs is 1. The van der Waals surface area contributed by atoms with Gasteiger partial charge >= 0.3 is 5.97 Å². The van der Waals surface area contributed by atoms with Crippen LogP contribution in [-0.4, -0.2) is 28.5 Å². The van der Waals surface area contributed by atoms with E-state index in [2.05, 4.69) is 15.3 Å². The second-order valence-electron chi connectivity index (χ2n) is 5.41. The lowest BCUT2D eigenvalue weighted by Crippen LogP contribution is -2.21. The van der Waals surface area contributed by atoms with Crippen molar-refractivity contribution in [3.05, 3.63) is 59.5 Å². The number of rotatable bonds is 6. The number of anilines is 1. The van der Waals surface area contributed by atoms with Crippen LogP contribution in [0.5, 0.6) is 0 Å². The Kier molecular flexibility index (Phi) is 5.30. The summed E-state index contributed by atoms with van der Waals surface area (Å²) < 4.78 is 5.00. The molecule has 2 aromatic heterocycles. The van der Waals surface area contributed by atoms with Gasteiger partial charge in [0.25, 0.3) is 5.91 Å². The van der Waals surface area contributed by atoms with Crippen molar-refractivity contribution >= 4 is 40.1 Å². The van der Waals surface area contributed by atoms with Crippen LogP contribution in [0.3, 0.4) is 0 Å². The van der Waals surface area contributed by atoms with E-state index in [0.29, 0.717) is 12.1 Å². The number of pyridine rings is 1. The number of amides is 1. The highest BCUT2D eigenvalue weighted by Gasteiger charge is 2.11. The molecule has 0 saturated heterocycles. The summed E-state index contributed by atoms with van der Waals surface area (Å²) in [6, 6.07) is 11.1. The third kappa shape index (κ3) is 4.36. The quantitative estimate of drug-likeness (QED) is 0.523.